The summed E-state index contributed by atoms with van der Waals surface area (Å²) in [6.45, 7) is 6.56. The van der Waals surface area contributed by atoms with Crippen LogP contribution in [-0.4, -0.2) is 26.7 Å². The lowest BCUT2D eigenvalue weighted by Crippen LogP contribution is -2.30. The molecule has 1 amide bonds. The number of Topliss-reactive ketones (excluding diaryl/α,β-unsaturated/α-hetero) is 1. The minimum atomic E-state index is -0.737. The van der Waals surface area contributed by atoms with Crippen LogP contribution in [0.4, 0.5) is 0 Å². The molecule has 1 aliphatic heterocycles. The smallest absolute Gasteiger partial charge is 0.290 e. The minimum Gasteiger partial charge on any atom is -0.503 e. The Morgan fingerprint density at radius 3 is 2.45 bits per heavy atom. The van der Waals surface area contributed by atoms with Gasteiger partial charge in [-0.15, -0.1) is 0 Å². The summed E-state index contributed by atoms with van der Waals surface area (Å²) in [5, 5.41) is 10.7. The van der Waals surface area contributed by atoms with Crippen molar-refractivity contribution in [3.8, 4) is 0 Å². The predicted octanol–water partition coefficient (Wildman–Crippen LogP) is 4.75. The van der Waals surface area contributed by atoms with E-state index in [2.05, 4.69) is 25.8 Å². The second kappa shape index (κ2) is 7.87. The second-order valence-electron chi connectivity index (χ2n) is 8.64. The van der Waals surface area contributed by atoms with Gasteiger partial charge < -0.3 is 14.4 Å². The molecule has 6 nitrogen and oxygen atoms in total. The number of carbonyl (C=O) groups excluding carboxylic acids is 2. The number of hydrogen-bond acceptors (Lipinski definition) is 5. The van der Waals surface area contributed by atoms with Crippen molar-refractivity contribution in [2.75, 3.05) is 0 Å². The molecule has 0 fully saturated rings. The van der Waals surface area contributed by atoms with Crippen LogP contribution in [0.2, 0.25) is 0 Å². The van der Waals surface area contributed by atoms with Crippen molar-refractivity contribution in [3.63, 3.8) is 0 Å². The summed E-state index contributed by atoms with van der Waals surface area (Å²) >= 11 is 0. The summed E-state index contributed by atoms with van der Waals surface area (Å²) < 4.78 is 5.26. The number of pyridine rings is 1. The van der Waals surface area contributed by atoms with Gasteiger partial charge in [-0.3, -0.25) is 14.6 Å². The lowest BCUT2D eigenvalue weighted by molar-refractivity contribution is -0.130. The number of aliphatic hydroxyl groups is 1. The lowest BCUT2D eigenvalue weighted by Gasteiger charge is -2.27. The van der Waals surface area contributed by atoms with Gasteiger partial charge in [0.05, 0.1) is 17.9 Å². The van der Waals surface area contributed by atoms with Crippen LogP contribution in [-0.2, 0) is 16.8 Å². The molecular formula is C25H24N2O4. The maximum absolute atomic E-state index is 13.2. The zero-order valence-corrected chi connectivity index (χ0v) is 17.7. The van der Waals surface area contributed by atoms with E-state index in [0.29, 0.717) is 0 Å². The van der Waals surface area contributed by atoms with Gasteiger partial charge in [-0.25, -0.2) is 0 Å². The molecule has 0 saturated carbocycles. The van der Waals surface area contributed by atoms with E-state index < -0.39 is 23.5 Å². The molecule has 0 aliphatic carbocycles. The van der Waals surface area contributed by atoms with E-state index in [-0.39, 0.29) is 23.3 Å². The highest BCUT2D eigenvalue weighted by molar-refractivity contribution is 6.14. The zero-order valence-electron chi connectivity index (χ0n) is 17.7. The molecular weight excluding hydrogens is 392 g/mol. The molecule has 1 aliphatic rings. The zero-order chi connectivity index (χ0) is 22.2. The Morgan fingerprint density at radius 2 is 1.87 bits per heavy atom. The summed E-state index contributed by atoms with van der Waals surface area (Å²) in [6, 6.07) is 13.8. The summed E-state index contributed by atoms with van der Waals surface area (Å²) in [5.74, 6) is -1.57. The van der Waals surface area contributed by atoms with Gasteiger partial charge in [-0.2, -0.15) is 0 Å². The van der Waals surface area contributed by atoms with E-state index in [0.717, 1.165) is 16.7 Å². The molecule has 158 valence electrons. The quantitative estimate of drug-likeness (QED) is 0.607. The maximum atomic E-state index is 13.2. The fraction of sp³-hybridized carbons (Fsp3) is 0.240. The summed E-state index contributed by atoms with van der Waals surface area (Å²) in [4.78, 5) is 31.8. The Hall–Kier alpha value is -3.67. The molecule has 0 unspecified atom stereocenters. The third kappa shape index (κ3) is 3.89. The van der Waals surface area contributed by atoms with Gasteiger partial charge >= 0.3 is 0 Å². The molecule has 1 aromatic carbocycles. The van der Waals surface area contributed by atoms with Crippen molar-refractivity contribution in [3.05, 3.63) is 101 Å². The molecule has 0 saturated heterocycles. The number of carbonyl (C=O) groups is 2. The Bertz CT molecular complexity index is 1120. The Morgan fingerprint density at radius 1 is 1.13 bits per heavy atom. The van der Waals surface area contributed by atoms with Gasteiger partial charge in [0.2, 0.25) is 5.78 Å². The van der Waals surface area contributed by atoms with Gasteiger partial charge in [-0.1, -0.05) is 51.1 Å². The number of hydrogen-bond donors (Lipinski definition) is 1. The van der Waals surface area contributed by atoms with Crippen LogP contribution in [0.3, 0.4) is 0 Å². The molecule has 0 bridgehead atoms. The first-order chi connectivity index (χ1) is 14.8. The first-order valence-electron chi connectivity index (χ1n) is 10.1. The number of rotatable bonds is 5. The van der Waals surface area contributed by atoms with Crippen molar-refractivity contribution >= 4 is 11.7 Å². The van der Waals surface area contributed by atoms with Gasteiger partial charge in [0, 0.05) is 18.9 Å². The molecule has 3 aromatic rings. The molecule has 0 radical (unpaired) electrons. The van der Waals surface area contributed by atoms with E-state index in [1.807, 2.05) is 30.3 Å². The topological polar surface area (TPSA) is 83.6 Å². The number of nitrogens with zero attached hydrogens (tertiary/aromatic N) is 2. The van der Waals surface area contributed by atoms with Crippen LogP contribution < -0.4 is 0 Å². The van der Waals surface area contributed by atoms with Gasteiger partial charge in [-0.05, 0) is 40.3 Å². The lowest BCUT2D eigenvalue weighted by atomic mass is 9.85. The van der Waals surface area contributed by atoms with Crippen LogP contribution in [0, 0.1) is 0 Å². The third-order valence-corrected chi connectivity index (χ3v) is 5.46. The van der Waals surface area contributed by atoms with Crippen molar-refractivity contribution in [1.29, 1.82) is 0 Å². The SMILES string of the molecule is CC(C)(C)c1ccc([C@@H]2C(C(=O)c3ccco3)=C(O)C(=O)N2Cc2cccnc2)cc1. The Balaban J connectivity index is 1.79. The second-order valence-corrected chi connectivity index (χ2v) is 8.64. The molecule has 0 spiro atoms. The van der Waals surface area contributed by atoms with Crippen molar-refractivity contribution in [2.45, 2.75) is 38.8 Å². The normalized spacial score (nSPS) is 16.8. The van der Waals surface area contributed by atoms with E-state index >= 15 is 0 Å². The Labute approximate surface area is 180 Å². The molecule has 3 heterocycles. The summed E-state index contributed by atoms with van der Waals surface area (Å²) in [6.07, 6.45) is 4.71. The number of amides is 1. The van der Waals surface area contributed by atoms with E-state index in [1.54, 1.807) is 24.5 Å². The van der Waals surface area contributed by atoms with E-state index in [1.165, 1.54) is 17.2 Å². The van der Waals surface area contributed by atoms with E-state index in [9.17, 15) is 14.7 Å². The first-order valence-corrected chi connectivity index (χ1v) is 10.1. The molecule has 31 heavy (non-hydrogen) atoms. The number of ketones is 1. The van der Waals surface area contributed by atoms with Crippen molar-refractivity contribution in [1.82, 2.24) is 9.88 Å². The predicted molar refractivity (Wildman–Crippen MR) is 115 cm³/mol. The van der Waals surface area contributed by atoms with E-state index in [4.69, 9.17) is 4.42 Å². The number of furan rings is 1. The summed E-state index contributed by atoms with van der Waals surface area (Å²) in [7, 11) is 0. The van der Waals surface area contributed by atoms with Gasteiger partial charge in [0.25, 0.3) is 5.91 Å². The number of benzene rings is 1. The fourth-order valence-corrected chi connectivity index (χ4v) is 3.79. The average molecular weight is 416 g/mol. The third-order valence-electron chi connectivity index (χ3n) is 5.46. The largest absolute Gasteiger partial charge is 0.503 e. The highest BCUT2D eigenvalue weighted by Gasteiger charge is 2.44. The molecule has 4 rings (SSSR count). The monoisotopic (exact) mass is 416 g/mol. The molecule has 2 aromatic heterocycles. The minimum absolute atomic E-state index is 0.0207. The van der Waals surface area contributed by atoms with Crippen molar-refractivity contribution in [2.24, 2.45) is 0 Å². The van der Waals surface area contributed by atoms with Crippen LogP contribution >= 0.6 is 0 Å². The Kier molecular flexibility index (Phi) is 5.23. The van der Waals surface area contributed by atoms with Gasteiger partial charge in [0.15, 0.2) is 11.5 Å². The standard InChI is InChI=1S/C25H24N2O4/c1-25(2,3)18-10-8-17(9-11-18)21-20(22(28)19-7-5-13-31-19)23(29)24(30)27(21)15-16-6-4-12-26-14-16/h4-14,21,29H,15H2,1-3H3/t21-/m1/s1. The van der Waals surface area contributed by atoms with Crippen LogP contribution in [0.15, 0.2) is 82.9 Å². The molecule has 1 N–H and O–H groups in total. The number of aromatic nitrogens is 1. The highest BCUT2D eigenvalue weighted by atomic mass is 16.3. The van der Waals surface area contributed by atoms with Crippen molar-refractivity contribution < 1.29 is 19.1 Å². The van der Waals surface area contributed by atoms with Crippen LogP contribution in [0.1, 0.15) is 54.1 Å². The highest BCUT2D eigenvalue weighted by Crippen LogP contribution is 2.40. The van der Waals surface area contributed by atoms with Crippen LogP contribution in [0.25, 0.3) is 0 Å². The number of aliphatic hydroxyl groups excluding tert-OH is 1. The van der Waals surface area contributed by atoms with Gasteiger partial charge in [0.1, 0.15) is 0 Å². The summed E-state index contributed by atoms with van der Waals surface area (Å²) in [5.41, 5.74) is 2.65. The molecule has 1 atom stereocenters. The average Bonchev–Trinajstić information content (AvgIpc) is 3.37. The fourth-order valence-electron chi connectivity index (χ4n) is 3.79. The maximum Gasteiger partial charge on any atom is 0.290 e. The van der Waals surface area contributed by atoms with Crippen LogP contribution in [0.5, 0.6) is 0 Å². The first kappa shape index (κ1) is 20.6. The molecule has 6 heteroatoms.